The maximum atomic E-state index is 12.7. The Bertz CT molecular complexity index is 966. The van der Waals surface area contributed by atoms with Gasteiger partial charge in [-0.1, -0.05) is 18.2 Å². The van der Waals surface area contributed by atoms with Crippen molar-refractivity contribution in [3.8, 4) is 11.6 Å². The lowest BCUT2D eigenvalue weighted by atomic mass is 10.2. The fraction of sp³-hybridized carbons (Fsp3) is 0.333. The Morgan fingerprint density at radius 3 is 2.45 bits per heavy atom. The molecule has 0 aliphatic carbocycles. The summed E-state index contributed by atoms with van der Waals surface area (Å²) in [5.74, 6) is 2.27. The molecule has 8 nitrogen and oxygen atoms in total. The zero-order valence-electron chi connectivity index (χ0n) is 16.6. The molecule has 3 heterocycles. The van der Waals surface area contributed by atoms with Crippen LogP contribution >= 0.6 is 0 Å². The van der Waals surface area contributed by atoms with Crippen molar-refractivity contribution in [2.75, 3.05) is 31.1 Å². The second-order valence-corrected chi connectivity index (χ2v) is 7.02. The molecule has 3 aromatic rings. The lowest BCUT2D eigenvalue weighted by Gasteiger charge is -2.36. The van der Waals surface area contributed by atoms with Crippen LogP contribution in [-0.2, 0) is 4.79 Å². The van der Waals surface area contributed by atoms with Crippen molar-refractivity contribution in [2.24, 2.45) is 0 Å². The first-order valence-electron chi connectivity index (χ1n) is 9.70. The second-order valence-electron chi connectivity index (χ2n) is 7.02. The molecule has 150 valence electrons. The van der Waals surface area contributed by atoms with Crippen LogP contribution in [0.2, 0.25) is 0 Å². The maximum Gasteiger partial charge on any atom is 0.263 e. The molecule has 0 unspecified atom stereocenters. The Balaban J connectivity index is 1.36. The van der Waals surface area contributed by atoms with E-state index >= 15 is 0 Å². The van der Waals surface area contributed by atoms with Crippen LogP contribution in [0.3, 0.4) is 0 Å². The molecule has 1 aromatic carbocycles. The number of carbonyl (C=O) groups excluding carboxylic acids is 1. The minimum Gasteiger partial charge on any atom is -0.481 e. The van der Waals surface area contributed by atoms with Crippen LogP contribution in [0.1, 0.15) is 12.6 Å². The molecule has 0 saturated carbocycles. The van der Waals surface area contributed by atoms with Crippen LogP contribution in [-0.4, -0.2) is 62.8 Å². The Morgan fingerprint density at radius 1 is 1.03 bits per heavy atom. The molecule has 1 atom stereocenters. The number of amides is 1. The van der Waals surface area contributed by atoms with Gasteiger partial charge in [0.25, 0.3) is 5.91 Å². The highest BCUT2D eigenvalue weighted by Gasteiger charge is 2.26. The first-order chi connectivity index (χ1) is 14.1. The molecule has 4 rings (SSSR count). The number of hydrogen-bond donors (Lipinski definition) is 0. The van der Waals surface area contributed by atoms with E-state index in [0.29, 0.717) is 31.9 Å². The van der Waals surface area contributed by atoms with Crippen LogP contribution in [0.5, 0.6) is 5.75 Å². The van der Waals surface area contributed by atoms with Gasteiger partial charge in [-0.3, -0.25) is 4.79 Å². The Morgan fingerprint density at radius 2 is 1.76 bits per heavy atom. The van der Waals surface area contributed by atoms with Crippen LogP contribution in [0.4, 0.5) is 5.82 Å². The predicted octanol–water partition coefficient (Wildman–Crippen LogP) is 2.09. The van der Waals surface area contributed by atoms with Gasteiger partial charge in [-0.25, -0.2) is 14.6 Å². The standard InChI is InChI=1S/C21H24N6O2/c1-16-8-9-27(24-16)20-14-19(22-15-23-20)25-10-12-26(13-11-25)21(28)17(2)29-18-6-4-3-5-7-18/h3-9,14-15,17H,10-13H2,1-2H3/t17-/m0/s1. The maximum absolute atomic E-state index is 12.7. The molecule has 0 radical (unpaired) electrons. The van der Waals surface area contributed by atoms with Crippen LogP contribution < -0.4 is 9.64 Å². The number of aryl methyl sites for hydroxylation is 1. The number of benzene rings is 1. The van der Waals surface area contributed by atoms with Crippen molar-refractivity contribution < 1.29 is 9.53 Å². The third kappa shape index (κ3) is 4.37. The molecule has 2 aromatic heterocycles. The van der Waals surface area contributed by atoms with E-state index < -0.39 is 6.10 Å². The Hall–Kier alpha value is -3.42. The summed E-state index contributed by atoms with van der Waals surface area (Å²) in [4.78, 5) is 25.5. The number of piperazine rings is 1. The summed E-state index contributed by atoms with van der Waals surface area (Å²) in [6.45, 7) is 6.40. The van der Waals surface area contributed by atoms with Gasteiger partial charge in [-0.15, -0.1) is 0 Å². The monoisotopic (exact) mass is 392 g/mol. The highest BCUT2D eigenvalue weighted by Crippen LogP contribution is 2.17. The molecule has 8 heteroatoms. The minimum atomic E-state index is -0.516. The highest BCUT2D eigenvalue weighted by molar-refractivity contribution is 5.81. The summed E-state index contributed by atoms with van der Waals surface area (Å²) in [5.41, 5.74) is 0.934. The number of para-hydroxylation sites is 1. The summed E-state index contributed by atoms with van der Waals surface area (Å²) < 4.78 is 7.51. The minimum absolute atomic E-state index is 0.00361. The van der Waals surface area contributed by atoms with E-state index in [-0.39, 0.29) is 5.91 Å². The van der Waals surface area contributed by atoms with E-state index in [2.05, 4.69) is 20.0 Å². The number of aromatic nitrogens is 4. The summed E-state index contributed by atoms with van der Waals surface area (Å²) in [6.07, 6.45) is 2.92. The van der Waals surface area contributed by atoms with E-state index in [1.807, 2.05) is 60.5 Å². The van der Waals surface area contributed by atoms with Crippen molar-refractivity contribution >= 4 is 11.7 Å². The summed E-state index contributed by atoms with van der Waals surface area (Å²) >= 11 is 0. The van der Waals surface area contributed by atoms with Crippen molar-refractivity contribution in [1.29, 1.82) is 0 Å². The topological polar surface area (TPSA) is 76.4 Å². The van der Waals surface area contributed by atoms with Gasteiger partial charge in [0.15, 0.2) is 11.9 Å². The average Bonchev–Trinajstić information content (AvgIpc) is 3.20. The third-order valence-electron chi connectivity index (χ3n) is 4.91. The number of carbonyl (C=O) groups is 1. The normalized spacial score (nSPS) is 15.2. The van der Waals surface area contributed by atoms with Gasteiger partial charge in [0.2, 0.25) is 0 Å². The highest BCUT2D eigenvalue weighted by atomic mass is 16.5. The van der Waals surface area contributed by atoms with Gasteiger partial charge >= 0.3 is 0 Å². The van der Waals surface area contributed by atoms with Gasteiger partial charge < -0.3 is 14.5 Å². The first-order valence-corrected chi connectivity index (χ1v) is 9.70. The number of anilines is 1. The fourth-order valence-electron chi connectivity index (χ4n) is 3.34. The van der Waals surface area contributed by atoms with Crippen molar-refractivity contribution in [3.05, 3.63) is 60.7 Å². The van der Waals surface area contributed by atoms with Crippen molar-refractivity contribution in [1.82, 2.24) is 24.6 Å². The molecule has 29 heavy (non-hydrogen) atoms. The summed E-state index contributed by atoms with van der Waals surface area (Å²) in [7, 11) is 0. The van der Waals surface area contributed by atoms with Gasteiger partial charge in [0.05, 0.1) is 5.69 Å². The zero-order chi connectivity index (χ0) is 20.2. The third-order valence-corrected chi connectivity index (χ3v) is 4.91. The molecule has 1 aliphatic heterocycles. The number of nitrogens with zero attached hydrogens (tertiary/aromatic N) is 6. The van der Waals surface area contributed by atoms with E-state index in [9.17, 15) is 4.79 Å². The molecule has 1 saturated heterocycles. The van der Waals surface area contributed by atoms with E-state index in [0.717, 1.165) is 17.3 Å². The first kappa shape index (κ1) is 18.9. The Labute approximate surface area is 169 Å². The second kappa shape index (κ2) is 8.30. The molecule has 0 spiro atoms. The lowest BCUT2D eigenvalue weighted by Crippen LogP contribution is -2.52. The molecule has 1 amide bonds. The molecule has 1 fully saturated rings. The van der Waals surface area contributed by atoms with E-state index in [4.69, 9.17) is 4.74 Å². The fourth-order valence-corrected chi connectivity index (χ4v) is 3.34. The quantitative estimate of drug-likeness (QED) is 0.662. The Kier molecular flexibility index (Phi) is 5.41. The van der Waals surface area contributed by atoms with Gasteiger partial charge in [0, 0.05) is 38.4 Å². The molecule has 0 bridgehead atoms. The SMILES string of the molecule is Cc1ccn(-c2cc(N3CCN(C(=O)[C@H](C)Oc4ccccc4)CC3)ncn2)n1. The molecular formula is C21H24N6O2. The van der Waals surface area contributed by atoms with E-state index in [1.54, 1.807) is 17.9 Å². The molecule has 0 N–H and O–H groups in total. The van der Waals surface area contributed by atoms with Crippen LogP contribution in [0.25, 0.3) is 5.82 Å². The number of ether oxygens (including phenoxy) is 1. The van der Waals surface area contributed by atoms with Gasteiger partial charge in [-0.2, -0.15) is 5.10 Å². The van der Waals surface area contributed by atoms with Crippen LogP contribution in [0.15, 0.2) is 55.0 Å². The van der Waals surface area contributed by atoms with Gasteiger partial charge in [0.1, 0.15) is 17.9 Å². The largest absolute Gasteiger partial charge is 0.481 e. The van der Waals surface area contributed by atoms with Crippen LogP contribution in [0, 0.1) is 6.92 Å². The van der Waals surface area contributed by atoms with E-state index in [1.165, 1.54) is 0 Å². The molecule has 1 aliphatic rings. The van der Waals surface area contributed by atoms with Gasteiger partial charge in [-0.05, 0) is 32.0 Å². The van der Waals surface area contributed by atoms with Crippen molar-refractivity contribution in [2.45, 2.75) is 20.0 Å². The number of hydrogen-bond acceptors (Lipinski definition) is 6. The lowest BCUT2D eigenvalue weighted by molar-refractivity contribution is -0.138. The summed E-state index contributed by atoms with van der Waals surface area (Å²) in [6, 6.07) is 13.3. The average molecular weight is 392 g/mol. The smallest absolute Gasteiger partial charge is 0.263 e. The predicted molar refractivity (Wildman–Crippen MR) is 109 cm³/mol. The summed E-state index contributed by atoms with van der Waals surface area (Å²) in [5, 5.41) is 4.40. The number of rotatable bonds is 5. The zero-order valence-corrected chi connectivity index (χ0v) is 16.6. The molecular weight excluding hydrogens is 368 g/mol. The van der Waals surface area contributed by atoms with Crippen molar-refractivity contribution in [3.63, 3.8) is 0 Å².